The molecule has 10 nitrogen and oxygen atoms in total. The Kier molecular flexibility index (Phi) is 10.7. The van der Waals surface area contributed by atoms with Gasteiger partial charge < -0.3 is 36.2 Å². The van der Waals surface area contributed by atoms with Crippen molar-refractivity contribution in [3.8, 4) is 0 Å². The van der Waals surface area contributed by atoms with Crippen LogP contribution in [0.4, 0.5) is 0 Å². The molecule has 0 unspecified atom stereocenters. The zero-order chi connectivity index (χ0) is 19.4. The third-order valence-electron chi connectivity index (χ3n) is 2.80. The summed E-state index contributed by atoms with van der Waals surface area (Å²) in [6.07, 6.45) is -4.53. The second kappa shape index (κ2) is 11.9. The van der Waals surface area contributed by atoms with E-state index in [9.17, 15) is 14.4 Å². The second-order valence-corrected chi connectivity index (χ2v) is 4.83. The first kappa shape index (κ1) is 22.5. The van der Waals surface area contributed by atoms with Crippen LogP contribution < -0.4 is 11.1 Å². The normalized spacial score (nSPS) is 13.6. The minimum absolute atomic E-state index is 0.194. The van der Waals surface area contributed by atoms with Crippen molar-refractivity contribution in [3.05, 3.63) is 35.9 Å². The van der Waals surface area contributed by atoms with Crippen molar-refractivity contribution in [2.75, 3.05) is 13.7 Å². The van der Waals surface area contributed by atoms with Crippen LogP contribution in [0.15, 0.2) is 30.3 Å². The SMILES string of the molecule is COC[C@@H](N)C(=O)NCc1ccccc1.O=C(O)[C@@H](O)[C@H](O)C(=O)O. The van der Waals surface area contributed by atoms with Crippen LogP contribution >= 0.6 is 0 Å². The van der Waals surface area contributed by atoms with Gasteiger partial charge in [-0.25, -0.2) is 9.59 Å². The molecule has 1 aromatic carbocycles. The number of carbonyl (C=O) groups is 3. The number of carbonyl (C=O) groups excluding carboxylic acids is 1. The molecule has 25 heavy (non-hydrogen) atoms. The Morgan fingerprint density at radius 1 is 1.08 bits per heavy atom. The number of nitrogens with two attached hydrogens (primary N) is 1. The topological polar surface area (TPSA) is 179 Å². The summed E-state index contributed by atoms with van der Waals surface area (Å²) in [6, 6.07) is 9.08. The third-order valence-corrected chi connectivity index (χ3v) is 2.80. The Hall–Kier alpha value is -2.53. The summed E-state index contributed by atoms with van der Waals surface area (Å²) in [4.78, 5) is 30.9. The summed E-state index contributed by atoms with van der Waals surface area (Å²) in [5, 5.41) is 35.3. The Balaban J connectivity index is 0.000000504. The maximum Gasteiger partial charge on any atom is 0.335 e. The van der Waals surface area contributed by atoms with Crippen molar-refractivity contribution in [2.45, 2.75) is 24.8 Å². The van der Waals surface area contributed by atoms with E-state index in [2.05, 4.69) is 5.32 Å². The highest BCUT2D eigenvalue weighted by Gasteiger charge is 2.29. The molecular weight excluding hydrogens is 336 g/mol. The number of aliphatic hydroxyl groups excluding tert-OH is 2. The van der Waals surface area contributed by atoms with Crippen molar-refractivity contribution in [1.29, 1.82) is 0 Å². The lowest BCUT2D eigenvalue weighted by Gasteiger charge is -2.10. The molecule has 0 fully saturated rings. The van der Waals surface area contributed by atoms with Gasteiger partial charge in [-0.3, -0.25) is 4.79 Å². The summed E-state index contributed by atoms with van der Waals surface area (Å²) in [5.41, 5.74) is 6.61. The van der Waals surface area contributed by atoms with E-state index in [1.165, 1.54) is 7.11 Å². The Bertz CT molecular complexity index is 534. The van der Waals surface area contributed by atoms with Gasteiger partial charge in [-0.05, 0) is 5.56 Å². The van der Waals surface area contributed by atoms with Crippen LogP contribution in [0.5, 0.6) is 0 Å². The molecular formula is C15H22N2O8. The summed E-state index contributed by atoms with van der Waals surface area (Å²) >= 11 is 0. The molecule has 1 amide bonds. The molecule has 3 atom stereocenters. The summed E-state index contributed by atoms with van der Waals surface area (Å²) in [5.74, 6) is -3.73. The number of benzene rings is 1. The van der Waals surface area contributed by atoms with Gasteiger partial charge in [0, 0.05) is 13.7 Å². The predicted octanol–water partition coefficient (Wildman–Crippen LogP) is -1.85. The summed E-state index contributed by atoms with van der Waals surface area (Å²) in [7, 11) is 1.52. The fraction of sp³-hybridized carbons (Fsp3) is 0.400. The average molecular weight is 358 g/mol. The third kappa shape index (κ3) is 9.37. The van der Waals surface area contributed by atoms with Crippen molar-refractivity contribution in [1.82, 2.24) is 5.32 Å². The molecule has 0 aliphatic rings. The number of rotatable bonds is 8. The molecule has 10 heteroatoms. The molecule has 1 aromatic rings. The number of carboxylic acids is 2. The van der Waals surface area contributed by atoms with Gasteiger partial charge in [0.1, 0.15) is 6.04 Å². The summed E-state index contributed by atoms with van der Waals surface area (Å²) in [6.45, 7) is 0.734. The lowest BCUT2D eigenvalue weighted by molar-refractivity contribution is -0.165. The molecule has 0 aromatic heterocycles. The molecule has 0 aliphatic carbocycles. The van der Waals surface area contributed by atoms with E-state index in [0.717, 1.165) is 5.56 Å². The number of aliphatic carboxylic acids is 2. The lowest BCUT2D eigenvalue weighted by atomic mass is 10.2. The molecule has 0 bridgehead atoms. The maximum absolute atomic E-state index is 11.4. The van der Waals surface area contributed by atoms with Gasteiger partial charge in [-0.2, -0.15) is 0 Å². The van der Waals surface area contributed by atoms with E-state index >= 15 is 0 Å². The minimum atomic E-state index is -2.27. The zero-order valence-corrected chi connectivity index (χ0v) is 13.5. The van der Waals surface area contributed by atoms with Crippen LogP contribution in [-0.2, 0) is 25.7 Å². The fourth-order valence-corrected chi connectivity index (χ4v) is 1.44. The number of ether oxygens (including phenoxy) is 1. The quantitative estimate of drug-likeness (QED) is 0.311. The van der Waals surface area contributed by atoms with Gasteiger partial charge in [0.2, 0.25) is 5.91 Å². The number of methoxy groups -OCH3 is 1. The number of carboxylic acid groups (broad SMARTS) is 2. The molecule has 0 heterocycles. The van der Waals surface area contributed by atoms with Gasteiger partial charge in [0.15, 0.2) is 12.2 Å². The Morgan fingerprint density at radius 2 is 1.56 bits per heavy atom. The molecule has 0 saturated heterocycles. The standard InChI is InChI=1S/C11H16N2O2.C4H6O6/c1-15-8-10(12)11(14)13-7-9-5-3-2-4-6-9;5-1(3(7)8)2(6)4(9)10/h2-6,10H,7-8,12H2,1H3,(H,13,14);1-2,5-6H,(H,7,8)(H,9,10)/t10-;1-,2-/m10/s1. The monoisotopic (exact) mass is 358 g/mol. The first-order valence-corrected chi connectivity index (χ1v) is 7.08. The van der Waals surface area contributed by atoms with Crippen LogP contribution in [0.2, 0.25) is 0 Å². The molecule has 0 saturated carbocycles. The molecule has 1 rings (SSSR count). The Labute approximate surface area is 143 Å². The van der Waals surface area contributed by atoms with Crippen molar-refractivity contribution >= 4 is 17.8 Å². The van der Waals surface area contributed by atoms with Gasteiger partial charge in [-0.15, -0.1) is 0 Å². The molecule has 0 spiro atoms. The van der Waals surface area contributed by atoms with E-state index in [0.29, 0.717) is 6.54 Å². The first-order valence-electron chi connectivity index (χ1n) is 7.08. The maximum atomic E-state index is 11.4. The van der Waals surface area contributed by atoms with E-state index in [-0.39, 0.29) is 12.5 Å². The highest BCUT2D eigenvalue weighted by atomic mass is 16.5. The second-order valence-electron chi connectivity index (χ2n) is 4.83. The van der Waals surface area contributed by atoms with Crippen LogP contribution in [0.25, 0.3) is 0 Å². The summed E-state index contributed by atoms with van der Waals surface area (Å²) < 4.78 is 4.79. The first-order chi connectivity index (χ1) is 11.7. The van der Waals surface area contributed by atoms with E-state index in [1.54, 1.807) is 0 Å². The Morgan fingerprint density at radius 3 is 1.96 bits per heavy atom. The lowest BCUT2D eigenvalue weighted by Crippen LogP contribution is -2.43. The minimum Gasteiger partial charge on any atom is -0.479 e. The van der Waals surface area contributed by atoms with Gasteiger partial charge >= 0.3 is 11.9 Å². The highest BCUT2D eigenvalue weighted by Crippen LogP contribution is 1.97. The molecule has 140 valence electrons. The van der Waals surface area contributed by atoms with E-state index in [4.69, 9.17) is 30.9 Å². The van der Waals surface area contributed by atoms with Crippen LogP contribution in [0.1, 0.15) is 5.56 Å². The van der Waals surface area contributed by atoms with Gasteiger partial charge in [-0.1, -0.05) is 30.3 Å². The van der Waals surface area contributed by atoms with Gasteiger partial charge in [0.25, 0.3) is 0 Å². The number of aliphatic hydroxyl groups is 2. The van der Waals surface area contributed by atoms with Crippen molar-refractivity contribution < 1.29 is 39.5 Å². The van der Waals surface area contributed by atoms with Gasteiger partial charge in [0.05, 0.1) is 6.61 Å². The smallest absolute Gasteiger partial charge is 0.335 e. The van der Waals surface area contributed by atoms with Crippen LogP contribution in [0, 0.1) is 0 Å². The van der Waals surface area contributed by atoms with E-state index in [1.807, 2.05) is 30.3 Å². The number of hydrogen-bond acceptors (Lipinski definition) is 7. The molecule has 0 aliphatic heterocycles. The number of nitrogens with one attached hydrogen (secondary N) is 1. The molecule has 7 N–H and O–H groups in total. The highest BCUT2D eigenvalue weighted by molar-refractivity contribution is 5.83. The number of amides is 1. The largest absolute Gasteiger partial charge is 0.479 e. The van der Waals surface area contributed by atoms with Crippen molar-refractivity contribution in [3.63, 3.8) is 0 Å². The predicted molar refractivity (Wildman–Crippen MR) is 85.4 cm³/mol. The van der Waals surface area contributed by atoms with Crippen LogP contribution in [-0.4, -0.2) is 70.2 Å². The van der Waals surface area contributed by atoms with E-state index < -0.39 is 30.2 Å². The fourth-order valence-electron chi connectivity index (χ4n) is 1.44. The number of hydrogen-bond donors (Lipinski definition) is 6. The van der Waals surface area contributed by atoms with Crippen molar-refractivity contribution in [2.24, 2.45) is 5.73 Å². The zero-order valence-electron chi connectivity index (χ0n) is 13.5. The van der Waals surface area contributed by atoms with Crippen LogP contribution in [0.3, 0.4) is 0 Å². The average Bonchev–Trinajstić information content (AvgIpc) is 2.59. The molecule has 0 radical (unpaired) electrons.